The first kappa shape index (κ1) is 18.4. The summed E-state index contributed by atoms with van der Waals surface area (Å²) >= 11 is 0. The van der Waals surface area contributed by atoms with E-state index in [9.17, 15) is 13.2 Å². The Bertz CT molecular complexity index is 757. The number of nitrogens with zero attached hydrogens (tertiary/aromatic N) is 2. The Hall–Kier alpha value is -1.93. The number of carbonyl (C=O) groups excluding carboxylic acids is 1. The minimum Gasteiger partial charge on any atom is -0.383 e. The van der Waals surface area contributed by atoms with Gasteiger partial charge in [-0.3, -0.25) is 4.79 Å². The third-order valence-corrected chi connectivity index (χ3v) is 4.96. The molecule has 0 fully saturated rings. The number of anilines is 1. The first-order chi connectivity index (χ1) is 11.3. The fraction of sp³-hybridized carbons (Fsp3) is 0.500. The maximum absolute atomic E-state index is 12.4. The highest BCUT2D eigenvalue weighted by molar-refractivity contribution is 7.90. The van der Waals surface area contributed by atoms with Crippen molar-refractivity contribution in [3.63, 3.8) is 0 Å². The van der Waals surface area contributed by atoms with Gasteiger partial charge in [-0.05, 0) is 31.0 Å². The molecule has 0 aliphatic carbocycles. The van der Waals surface area contributed by atoms with Crippen molar-refractivity contribution in [1.29, 1.82) is 0 Å². The number of rotatable bonds is 6. The molecule has 132 valence electrons. The van der Waals surface area contributed by atoms with Crippen molar-refractivity contribution in [1.82, 2.24) is 5.32 Å². The molecule has 0 saturated heterocycles. The fourth-order valence-electron chi connectivity index (χ4n) is 2.50. The van der Waals surface area contributed by atoms with Gasteiger partial charge in [0, 0.05) is 25.8 Å². The standard InChI is InChI=1S/C16H23N3O4S/c1-11(2)10-19-12(3)18-24(21,22)15-9-13(5-6-14(15)19)16(20)17-7-8-23-4/h5-6,9,11H,7-8,10H2,1-4H3,(H,17,20). The van der Waals surface area contributed by atoms with Crippen LogP contribution in [0.2, 0.25) is 0 Å². The van der Waals surface area contributed by atoms with Crippen LogP contribution in [0.25, 0.3) is 0 Å². The predicted molar refractivity (Wildman–Crippen MR) is 93.1 cm³/mol. The number of ether oxygens (including phenoxy) is 1. The zero-order valence-corrected chi connectivity index (χ0v) is 15.2. The molecular formula is C16H23N3O4S. The van der Waals surface area contributed by atoms with Crippen LogP contribution < -0.4 is 10.2 Å². The molecule has 1 amide bonds. The highest BCUT2D eigenvalue weighted by Gasteiger charge is 2.30. The van der Waals surface area contributed by atoms with Crippen molar-refractivity contribution < 1.29 is 17.9 Å². The van der Waals surface area contributed by atoms with E-state index in [1.54, 1.807) is 26.2 Å². The van der Waals surface area contributed by atoms with Crippen LogP contribution in [0.4, 0.5) is 5.69 Å². The van der Waals surface area contributed by atoms with E-state index in [1.165, 1.54) is 6.07 Å². The van der Waals surface area contributed by atoms with Crippen LogP contribution in [-0.4, -0.2) is 47.0 Å². The molecule has 1 aliphatic heterocycles. The molecule has 0 saturated carbocycles. The van der Waals surface area contributed by atoms with Gasteiger partial charge in [-0.15, -0.1) is 4.40 Å². The number of methoxy groups -OCH3 is 1. The quantitative estimate of drug-likeness (QED) is 0.786. The lowest BCUT2D eigenvalue weighted by molar-refractivity contribution is 0.0937. The van der Waals surface area contributed by atoms with Gasteiger partial charge < -0.3 is 15.0 Å². The molecule has 7 nitrogen and oxygen atoms in total. The van der Waals surface area contributed by atoms with Crippen LogP contribution in [-0.2, 0) is 14.8 Å². The van der Waals surface area contributed by atoms with Gasteiger partial charge in [0.2, 0.25) is 0 Å². The molecule has 1 heterocycles. The second-order valence-corrected chi connectivity index (χ2v) is 7.62. The Morgan fingerprint density at radius 2 is 2.08 bits per heavy atom. The van der Waals surface area contributed by atoms with E-state index in [-0.39, 0.29) is 16.4 Å². The van der Waals surface area contributed by atoms with Crippen LogP contribution in [0.1, 0.15) is 31.1 Å². The van der Waals surface area contributed by atoms with Crippen molar-refractivity contribution in [2.75, 3.05) is 31.7 Å². The van der Waals surface area contributed by atoms with Crippen LogP contribution in [0.3, 0.4) is 0 Å². The van der Waals surface area contributed by atoms with Crippen LogP contribution in [0, 0.1) is 5.92 Å². The van der Waals surface area contributed by atoms with Gasteiger partial charge in [0.05, 0.1) is 12.3 Å². The van der Waals surface area contributed by atoms with Crippen molar-refractivity contribution in [3.05, 3.63) is 23.8 Å². The largest absolute Gasteiger partial charge is 0.383 e. The summed E-state index contributed by atoms with van der Waals surface area (Å²) in [7, 11) is -2.26. The molecule has 1 aliphatic rings. The van der Waals surface area contributed by atoms with Crippen LogP contribution in [0.15, 0.2) is 27.5 Å². The summed E-state index contributed by atoms with van der Waals surface area (Å²) in [5, 5.41) is 2.68. The summed E-state index contributed by atoms with van der Waals surface area (Å²) in [6, 6.07) is 4.68. The van der Waals surface area contributed by atoms with E-state index in [0.717, 1.165) is 0 Å². The average Bonchev–Trinajstić information content (AvgIpc) is 2.50. The minimum atomic E-state index is -3.80. The highest BCUT2D eigenvalue weighted by atomic mass is 32.2. The number of sulfonamides is 1. The van der Waals surface area contributed by atoms with E-state index in [2.05, 4.69) is 9.71 Å². The molecule has 0 unspecified atom stereocenters. The molecule has 1 aromatic carbocycles. The van der Waals surface area contributed by atoms with Crippen molar-refractivity contribution in [2.24, 2.45) is 10.3 Å². The SMILES string of the molecule is COCCNC(=O)c1ccc2c(c1)S(=O)(=O)N=C(C)N2CC(C)C. The number of hydrogen-bond donors (Lipinski definition) is 1. The summed E-state index contributed by atoms with van der Waals surface area (Å²) < 4.78 is 33.5. The zero-order valence-electron chi connectivity index (χ0n) is 14.4. The molecule has 0 aromatic heterocycles. The zero-order chi connectivity index (χ0) is 17.9. The van der Waals surface area contributed by atoms with E-state index in [4.69, 9.17) is 4.74 Å². The smallest absolute Gasteiger partial charge is 0.286 e. The molecule has 0 bridgehead atoms. The van der Waals surface area contributed by atoms with Crippen molar-refractivity contribution in [3.8, 4) is 0 Å². The Kier molecular flexibility index (Phi) is 5.61. The molecule has 2 rings (SSSR count). The summed E-state index contributed by atoms with van der Waals surface area (Å²) in [6.45, 7) is 7.17. The van der Waals surface area contributed by atoms with Gasteiger partial charge in [-0.1, -0.05) is 13.8 Å². The molecule has 24 heavy (non-hydrogen) atoms. The third kappa shape index (κ3) is 3.93. The van der Waals surface area contributed by atoms with Crippen LogP contribution >= 0.6 is 0 Å². The van der Waals surface area contributed by atoms with E-state index < -0.39 is 10.0 Å². The predicted octanol–water partition coefficient (Wildman–Crippen LogP) is 1.65. The van der Waals surface area contributed by atoms with Gasteiger partial charge in [0.15, 0.2) is 0 Å². The number of amides is 1. The number of fused-ring (bicyclic) bond motifs is 1. The summed E-state index contributed by atoms with van der Waals surface area (Å²) in [5.41, 5.74) is 0.845. The maximum Gasteiger partial charge on any atom is 0.286 e. The molecule has 1 N–H and O–H groups in total. The number of hydrogen-bond acceptors (Lipinski definition) is 5. The molecular weight excluding hydrogens is 330 g/mol. The molecule has 1 aromatic rings. The number of nitrogens with one attached hydrogen (secondary N) is 1. The number of carbonyl (C=O) groups is 1. The van der Waals surface area contributed by atoms with Gasteiger partial charge in [-0.2, -0.15) is 8.42 Å². The monoisotopic (exact) mass is 353 g/mol. The number of amidine groups is 1. The lowest BCUT2D eigenvalue weighted by atomic mass is 10.1. The van der Waals surface area contributed by atoms with E-state index >= 15 is 0 Å². The summed E-state index contributed by atoms with van der Waals surface area (Å²) in [6.07, 6.45) is 0. The lowest BCUT2D eigenvalue weighted by Crippen LogP contribution is -2.37. The average molecular weight is 353 g/mol. The van der Waals surface area contributed by atoms with Gasteiger partial charge in [-0.25, -0.2) is 0 Å². The van der Waals surface area contributed by atoms with Crippen LogP contribution in [0.5, 0.6) is 0 Å². The topological polar surface area (TPSA) is 88.1 Å². The Morgan fingerprint density at radius 1 is 1.38 bits per heavy atom. The molecule has 0 atom stereocenters. The first-order valence-corrected chi connectivity index (χ1v) is 9.20. The van der Waals surface area contributed by atoms with Gasteiger partial charge >= 0.3 is 0 Å². The fourth-order valence-corrected chi connectivity index (χ4v) is 3.76. The van der Waals surface area contributed by atoms with Gasteiger partial charge in [0.1, 0.15) is 10.7 Å². The maximum atomic E-state index is 12.4. The Morgan fingerprint density at radius 3 is 2.71 bits per heavy atom. The lowest BCUT2D eigenvalue weighted by Gasteiger charge is -2.30. The second kappa shape index (κ2) is 7.31. The van der Waals surface area contributed by atoms with Crippen molar-refractivity contribution >= 4 is 27.5 Å². The molecule has 0 spiro atoms. The number of benzene rings is 1. The second-order valence-electron chi connectivity index (χ2n) is 6.05. The molecule has 0 radical (unpaired) electrons. The van der Waals surface area contributed by atoms with Gasteiger partial charge in [0.25, 0.3) is 15.9 Å². The van der Waals surface area contributed by atoms with E-state index in [0.29, 0.717) is 37.1 Å². The van der Waals surface area contributed by atoms with E-state index in [1.807, 2.05) is 18.7 Å². The third-order valence-electron chi connectivity index (χ3n) is 3.57. The van der Waals surface area contributed by atoms with Crippen molar-refractivity contribution in [2.45, 2.75) is 25.7 Å². The summed E-state index contributed by atoms with van der Waals surface area (Å²) in [4.78, 5) is 14.1. The summed E-state index contributed by atoms with van der Waals surface area (Å²) in [5.74, 6) is 0.432. The Labute approximate surface area is 142 Å². The Balaban J connectivity index is 2.39. The first-order valence-electron chi connectivity index (χ1n) is 7.76. The minimum absolute atomic E-state index is 0.0631. The molecule has 8 heteroatoms. The highest BCUT2D eigenvalue weighted by Crippen LogP contribution is 2.33. The normalized spacial score (nSPS) is 15.9.